The summed E-state index contributed by atoms with van der Waals surface area (Å²) in [5, 5.41) is 17.4. The summed E-state index contributed by atoms with van der Waals surface area (Å²) >= 11 is 0. The smallest absolute Gasteiger partial charge is 0.248 e. The maximum absolute atomic E-state index is 6.12. The molecule has 0 atom stereocenters. The summed E-state index contributed by atoms with van der Waals surface area (Å²) < 4.78 is 12.2. The number of hydrogen-bond donors (Lipinski definition) is 1. The van der Waals surface area contributed by atoms with Gasteiger partial charge in [0.15, 0.2) is 0 Å². The standard InChI is InChI=1S/C80H72N6O2/c1-78(2,3)67-40-34-60(35-41-67)66-52-73(81-53-66)61-28-16-54(17-29-61)10-13-57-22-46-70(47-23-57)86(71-48-24-58(25-49-71)14-11-55-18-30-62(31-19-55)74-82-84-76(87-74)64-36-42-68(43-37-64)79(4,5)6)72-50-26-59(27-51-72)15-12-56-20-32-63(33-21-56)75-83-85-77(88-75)65-38-44-69(45-39-65)80(7,8)9/h10-53,81H,1-9H3/b13-10+,14-11+,15-12+. The zero-order valence-electron chi connectivity index (χ0n) is 51.5. The van der Waals surface area contributed by atoms with E-state index in [9.17, 15) is 0 Å². The first-order chi connectivity index (χ1) is 42.4. The van der Waals surface area contributed by atoms with Crippen LogP contribution in [0.2, 0.25) is 0 Å². The predicted molar refractivity (Wildman–Crippen MR) is 366 cm³/mol. The van der Waals surface area contributed by atoms with Gasteiger partial charge in [0.1, 0.15) is 0 Å². The Hall–Kier alpha value is -10.4. The minimum Gasteiger partial charge on any atom is -0.416 e. The van der Waals surface area contributed by atoms with Crippen molar-refractivity contribution < 1.29 is 8.83 Å². The van der Waals surface area contributed by atoms with Gasteiger partial charge in [-0.15, -0.1) is 20.4 Å². The van der Waals surface area contributed by atoms with E-state index in [4.69, 9.17) is 8.83 Å². The summed E-state index contributed by atoms with van der Waals surface area (Å²) in [6.45, 7) is 20.0. The summed E-state index contributed by atoms with van der Waals surface area (Å²) in [4.78, 5) is 5.79. The lowest BCUT2D eigenvalue weighted by Crippen LogP contribution is -2.10. The van der Waals surface area contributed by atoms with E-state index in [2.05, 4.69) is 311 Å². The minimum absolute atomic E-state index is 0.0674. The fraction of sp³-hybridized carbons (Fsp3) is 0.150. The Morgan fingerprint density at radius 3 is 0.795 bits per heavy atom. The average molecular weight is 1150 g/mol. The molecule has 8 nitrogen and oxygen atoms in total. The summed E-state index contributed by atoms with van der Waals surface area (Å²) in [7, 11) is 0. The second-order valence-electron chi connectivity index (χ2n) is 25.6. The van der Waals surface area contributed by atoms with Gasteiger partial charge in [-0.2, -0.15) is 0 Å². The van der Waals surface area contributed by atoms with Gasteiger partial charge in [-0.1, -0.05) is 232 Å². The van der Waals surface area contributed by atoms with Gasteiger partial charge < -0.3 is 18.7 Å². The Bertz CT molecular complexity index is 3930. The van der Waals surface area contributed by atoms with Crippen LogP contribution >= 0.6 is 0 Å². The number of nitrogens with one attached hydrogen (secondary N) is 1. The van der Waals surface area contributed by atoms with Crippen LogP contribution in [0.5, 0.6) is 0 Å². The van der Waals surface area contributed by atoms with Crippen molar-refractivity contribution in [2.75, 3.05) is 4.90 Å². The second-order valence-corrected chi connectivity index (χ2v) is 25.6. The quantitative estimate of drug-likeness (QED) is 0.102. The molecule has 9 aromatic carbocycles. The van der Waals surface area contributed by atoms with Crippen LogP contribution in [-0.4, -0.2) is 25.4 Å². The number of rotatable bonds is 15. The van der Waals surface area contributed by atoms with Crippen LogP contribution in [0.3, 0.4) is 0 Å². The molecule has 434 valence electrons. The van der Waals surface area contributed by atoms with Crippen molar-refractivity contribution in [2.24, 2.45) is 0 Å². The van der Waals surface area contributed by atoms with Crippen molar-refractivity contribution in [3.8, 4) is 68.2 Å². The molecule has 0 saturated heterocycles. The molecule has 0 unspecified atom stereocenters. The van der Waals surface area contributed by atoms with Crippen molar-refractivity contribution in [3.05, 3.63) is 281 Å². The highest BCUT2D eigenvalue weighted by Gasteiger charge is 2.19. The summed E-state index contributed by atoms with van der Waals surface area (Å²) in [6.07, 6.45) is 14.9. The Kier molecular flexibility index (Phi) is 16.1. The molecule has 0 saturated carbocycles. The average Bonchev–Trinajstić information content (AvgIpc) is 4.02. The van der Waals surface area contributed by atoms with Gasteiger partial charge in [-0.3, -0.25) is 0 Å². The fourth-order valence-corrected chi connectivity index (χ4v) is 10.5. The summed E-state index contributed by atoms with van der Waals surface area (Å²) in [5.41, 5.74) is 21.9. The van der Waals surface area contributed by atoms with Crippen molar-refractivity contribution in [2.45, 2.75) is 78.6 Å². The molecular formula is C80H72N6O2. The number of hydrogen-bond acceptors (Lipinski definition) is 7. The highest BCUT2D eigenvalue weighted by molar-refractivity contribution is 5.82. The monoisotopic (exact) mass is 1150 g/mol. The molecule has 0 aliphatic heterocycles. The summed E-state index contributed by atoms with van der Waals surface area (Å²) in [5.74, 6) is 1.99. The van der Waals surface area contributed by atoms with Crippen LogP contribution in [0, 0.1) is 0 Å². The van der Waals surface area contributed by atoms with Crippen molar-refractivity contribution >= 4 is 53.5 Å². The molecule has 0 spiro atoms. The molecule has 0 aliphatic carbocycles. The molecule has 3 heterocycles. The lowest BCUT2D eigenvalue weighted by molar-refractivity contribution is 0.582. The molecule has 0 radical (unpaired) electrons. The van der Waals surface area contributed by atoms with E-state index >= 15 is 0 Å². The first kappa shape index (κ1) is 58.0. The van der Waals surface area contributed by atoms with E-state index in [1.165, 1.54) is 27.8 Å². The number of anilines is 3. The minimum atomic E-state index is 0.0674. The fourth-order valence-electron chi connectivity index (χ4n) is 10.5. The second kappa shape index (κ2) is 24.5. The first-order valence-corrected chi connectivity index (χ1v) is 30.1. The van der Waals surface area contributed by atoms with Gasteiger partial charge in [0.2, 0.25) is 23.6 Å². The topological polar surface area (TPSA) is 96.9 Å². The summed E-state index contributed by atoms with van der Waals surface area (Å²) in [6, 6.07) is 79.0. The maximum atomic E-state index is 6.12. The maximum Gasteiger partial charge on any atom is 0.248 e. The van der Waals surface area contributed by atoms with E-state index in [-0.39, 0.29) is 16.2 Å². The predicted octanol–water partition coefficient (Wildman–Crippen LogP) is 21.7. The van der Waals surface area contributed by atoms with E-state index in [0.29, 0.717) is 23.6 Å². The first-order valence-electron chi connectivity index (χ1n) is 30.1. The van der Waals surface area contributed by atoms with Crippen LogP contribution in [0.1, 0.15) is 112 Å². The van der Waals surface area contributed by atoms with Gasteiger partial charge in [-0.05, 0) is 174 Å². The molecular weight excluding hydrogens is 1080 g/mol. The number of nitrogens with zero attached hydrogens (tertiary/aromatic N) is 5. The highest BCUT2D eigenvalue weighted by atomic mass is 16.4. The molecule has 0 aliphatic rings. The highest BCUT2D eigenvalue weighted by Crippen LogP contribution is 2.37. The van der Waals surface area contributed by atoms with E-state index in [1.54, 1.807) is 0 Å². The third kappa shape index (κ3) is 13.6. The zero-order chi connectivity index (χ0) is 61.0. The molecule has 0 amide bonds. The van der Waals surface area contributed by atoms with E-state index < -0.39 is 0 Å². The van der Waals surface area contributed by atoms with Crippen LogP contribution in [0.15, 0.2) is 239 Å². The lowest BCUT2D eigenvalue weighted by Gasteiger charge is -2.26. The van der Waals surface area contributed by atoms with Crippen molar-refractivity contribution in [1.82, 2.24) is 25.4 Å². The SMILES string of the molecule is CC(C)(C)c1ccc(-c2c[nH]c(-c3ccc(/C=C/c4ccc(N(c5ccc(/C=C/c6ccc(-c7nnc(-c8ccc(C(C)(C)C)cc8)o7)cc6)cc5)c5ccc(/C=C/c6ccc(-c7nnc(-c8ccc(C(C)(C)C)cc8)o7)cc6)cc5)cc4)cc3)c2)cc1. The van der Waals surface area contributed by atoms with Crippen LogP contribution in [0.4, 0.5) is 17.1 Å². The number of benzene rings is 9. The molecule has 1 N–H and O–H groups in total. The molecule has 12 rings (SSSR count). The van der Waals surface area contributed by atoms with Gasteiger partial charge in [-0.25, -0.2) is 0 Å². The molecule has 3 aromatic heterocycles. The van der Waals surface area contributed by atoms with Crippen LogP contribution < -0.4 is 4.90 Å². The van der Waals surface area contributed by atoms with Gasteiger partial charge in [0.05, 0.1) is 0 Å². The Balaban J connectivity index is 0.739. The third-order valence-corrected chi connectivity index (χ3v) is 16.0. The normalized spacial score (nSPS) is 12.2. The van der Waals surface area contributed by atoms with Crippen LogP contribution in [-0.2, 0) is 16.2 Å². The molecule has 8 heteroatoms. The zero-order valence-corrected chi connectivity index (χ0v) is 51.5. The van der Waals surface area contributed by atoms with Crippen LogP contribution in [0.25, 0.3) is 105 Å². The van der Waals surface area contributed by atoms with Crippen molar-refractivity contribution in [3.63, 3.8) is 0 Å². The molecule has 88 heavy (non-hydrogen) atoms. The number of aromatic nitrogens is 5. The number of H-pyrrole nitrogens is 1. The largest absolute Gasteiger partial charge is 0.416 e. The molecule has 0 fully saturated rings. The Morgan fingerprint density at radius 1 is 0.284 bits per heavy atom. The van der Waals surface area contributed by atoms with Crippen molar-refractivity contribution in [1.29, 1.82) is 0 Å². The Labute approximate surface area is 517 Å². The molecule has 12 aromatic rings. The van der Waals surface area contributed by atoms with Gasteiger partial charge in [0.25, 0.3) is 0 Å². The van der Waals surface area contributed by atoms with E-state index in [1.807, 2.05) is 48.5 Å². The number of aromatic amines is 1. The third-order valence-electron chi connectivity index (χ3n) is 16.0. The van der Waals surface area contributed by atoms with Gasteiger partial charge in [0, 0.05) is 51.2 Å². The van der Waals surface area contributed by atoms with Gasteiger partial charge >= 0.3 is 0 Å². The Morgan fingerprint density at radius 2 is 0.523 bits per heavy atom. The molecule has 0 bridgehead atoms. The lowest BCUT2D eigenvalue weighted by atomic mass is 9.86. The van der Waals surface area contributed by atoms with E-state index in [0.717, 1.165) is 84.0 Å².